The third kappa shape index (κ3) is 2.71. The summed E-state index contributed by atoms with van der Waals surface area (Å²) in [7, 11) is 1.66. The Balaban J connectivity index is 1.94. The van der Waals surface area contributed by atoms with Gasteiger partial charge in [0.1, 0.15) is 11.4 Å². The number of hydrogen-bond acceptors (Lipinski definition) is 4. The summed E-state index contributed by atoms with van der Waals surface area (Å²) in [5.74, 6) is 0.796. The molecular formula is C21H15N3OS. The molecule has 0 bridgehead atoms. The number of aromatic nitrogens is 2. The van der Waals surface area contributed by atoms with Gasteiger partial charge in [-0.1, -0.05) is 43.1 Å². The highest BCUT2D eigenvalue weighted by Gasteiger charge is 2.15. The van der Waals surface area contributed by atoms with Gasteiger partial charge in [0.05, 0.1) is 18.7 Å². The van der Waals surface area contributed by atoms with Gasteiger partial charge < -0.3 is 4.74 Å². The number of ether oxygens (including phenoxy) is 1. The van der Waals surface area contributed by atoms with Gasteiger partial charge in [0.2, 0.25) is 0 Å². The second-order valence-corrected chi connectivity index (χ2v) is 6.31. The highest BCUT2D eigenvalue weighted by molar-refractivity contribution is 7.78. The van der Waals surface area contributed by atoms with E-state index in [2.05, 4.69) is 29.9 Å². The van der Waals surface area contributed by atoms with E-state index >= 15 is 0 Å². The zero-order valence-electron chi connectivity index (χ0n) is 14.0. The van der Waals surface area contributed by atoms with Crippen LogP contribution in [0.3, 0.4) is 0 Å². The zero-order valence-corrected chi connectivity index (χ0v) is 14.9. The van der Waals surface area contributed by atoms with Gasteiger partial charge in [-0.05, 0) is 29.8 Å². The van der Waals surface area contributed by atoms with Gasteiger partial charge >= 0.3 is 0 Å². The van der Waals surface area contributed by atoms with Crippen LogP contribution in [0.2, 0.25) is 0 Å². The molecule has 4 nitrogen and oxygen atoms in total. The summed E-state index contributed by atoms with van der Waals surface area (Å²) in [4.78, 5) is 4.58. The van der Waals surface area contributed by atoms with E-state index in [1.165, 1.54) is 0 Å². The molecule has 2 aromatic heterocycles. The van der Waals surface area contributed by atoms with Crippen LogP contribution >= 0.6 is 12.8 Å². The number of rotatable bonds is 3. The highest BCUT2D eigenvalue weighted by Crippen LogP contribution is 2.37. The van der Waals surface area contributed by atoms with Crippen LogP contribution in [0.1, 0.15) is 5.56 Å². The van der Waals surface area contributed by atoms with Gasteiger partial charge in [-0.3, -0.25) is 3.97 Å². The lowest BCUT2D eigenvalue weighted by molar-refractivity contribution is 0.416. The fourth-order valence-electron chi connectivity index (χ4n) is 3.10. The fraction of sp³-hybridized carbons (Fsp3) is 0.0476. The molecule has 4 aromatic rings. The van der Waals surface area contributed by atoms with Crippen molar-refractivity contribution in [2.75, 3.05) is 7.11 Å². The van der Waals surface area contributed by atoms with Gasteiger partial charge in [-0.25, -0.2) is 4.98 Å². The maximum absolute atomic E-state index is 9.14. The number of thiol groups is 1. The van der Waals surface area contributed by atoms with E-state index in [9.17, 15) is 0 Å². The number of nitrogens with zero attached hydrogens (tertiary/aromatic N) is 3. The van der Waals surface area contributed by atoms with Crippen molar-refractivity contribution in [1.29, 1.82) is 5.26 Å². The number of hydrogen-bond donors (Lipinski definition) is 1. The van der Waals surface area contributed by atoms with Gasteiger partial charge in [-0.15, -0.1) is 0 Å². The molecule has 0 atom stereocenters. The SMILES string of the molecule is COc1ccccc1-c1cn(S)c2ncc(-c3cccc(C#N)c3)cc12. The van der Waals surface area contributed by atoms with Crippen LogP contribution < -0.4 is 4.74 Å². The smallest absolute Gasteiger partial charge is 0.150 e. The number of methoxy groups -OCH3 is 1. The molecule has 0 N–H and O–H groups in total. The number of para-hydroxylation sites is 1. The van der Waals surface area contributed by atoms with Crippen LogP contribution in [0.5, 0.6) is 5.75 Å². The van der Waals surface area contributed by atoms with Crippen LogP contribution in [0.4, 0.5) is 0 Å². The molecule has 0 radical (unpaired) electrons. The average molecular weight is 357 g/mol. The van der Waals surface area contributed by atoms with Gasteiger partial charge in [-0.2, -0.15) is 5.26 Å². The van der Waals surface area contributed by atoms with Crippen molar-refractivity contribution < 1.29 is 4.74 Å². The van der Waals surface area contributed by atoms with Crippen LogP contribution in [0, 0.1) is 11.3 Å². The van der Waals surface area contributed by atoms with E-state index in [-0.39, 0.29) is 0 Å². The molecular weight excluding hydrogens is 342 g/mol. The first-order valence-corrected chi connectivity index (χ1v) is 8.45. The first-order valence-electron chi connectivity index (χ1n) is 8.05. The molecule has 0 aliphatic heterocycles. The van der Waals surface area contributed by atoms with Crippen molar-refractivity contribution in [2.24, 2.45) is 0 Å². The zero-order chi connectivity index (χ0) is 18.1. The Morgan fingerprint density at radius 3 is 2.69 bits per heavy atom. The number of fused-ring (bicyclic) bond motifs is 1. The first kappa shape index (κ1) is 16.2. The average Bonchev–Trinajstić information content (AvgIpc) is 3.04. The number of benzene rings is 2. The predicted octanol–water partition coefficient (Wildman–Crippen LogP) is 4.94. The van der Waals surface area contributed by atoms with Crippen LogP contribution in [0.25, 0.3) is 33.3 Å². The molecule has 0 amide bonds. The van der Waals surface area contributed by atoms with Crippen molar-refractivity contribution in [1.82, 2.24) is 8.96 Å². The van der Waals surface area contributed by atoms with E-state index in [1.807, 2.05) is 48.7 Å². The summed E-state index contributed by atoms with van der Waals surface area (Å²) in [5.41, 5.74) is 5.28. The Kier molecular flexibility index (Phi) is 4.11. The minimum Gasteiger partial charge on any atom is -0.496 e. The van der Waals surface area contributed by atoms with E-state index in [4.69, 9.17) is 10.00 Å². The van der Waals surface area contributed by atoms with Crippen molar-refractivity contribution in [3.8, 4) is 34.1 Å². The molecule has 5 heteroatoms. The quantitative estimate of drug-likeness (QED) is 0.528. The normalized spacial score (nSPS) is 10.7. The lowest BCUT2D eigenvalue weighted by Gasteiger charge is -2.07. The summed E-state index contributed by atoms with van der Waals surface area (Å²) in [5, 5.41) is 10.1. The maximum Gasteiger partial charge on any atom is 0.150 e. The van der Waals surface area contributed by atoms with Crippen LogP contribution in [0.15, 0.2) is 67.0 Å². The van der Waals surface area contributed by atoms with E-state index in [0.717, 1.165) is 39.0 Å². The molecule has 2 heterocycles. The third-order valence-electron chi connectivity index (χ3n) is 4.35. The maximum atomic E-state index is 9.14. The summed E-state index contributed by atoms with van der Waals surface area (Å²) in [6.07, 6.45) is 3.74. The lowest BCUT2D eigenvalue weighted by Crippen LogP contribution is -1.87. The third-order valence-corrected chi connectivity index (χ3v) is 4.65. The topological polar surface area (TPSA) is 50.8 Å². The van der Waals surface area contributed by atoms with Crippen molar-refractivity contribution in [3.63, 3.8) is 0 Å². The van der Waals surface area contributed by atoms with Crippen molar-refractivity contribution >= 4 is 23.8 Å². The first-order chi connectivity index (χ1) is 12.7. The lowest BCUT2D eigenvalue weighted by atomic mass is 10.0. The minimum absolute atomic E-state index is 0.624. The number of nitriles is 1. The van der Waals surface area contributed by atoms with Gasteiger partial charge in [0, 0.05) is 34.5 Å². The number of pyridine rings is 1. The van der Waals surface area contributed by atoms with Gasteiger partial charge in [0.25, 0.3) is 0 Å². The van der Waals surface area contributed by atoms with E-state index in [1.54, 1.807) is 23.3 Å². The molecule has 26 heavy (non-hydrogen) atoms. The molecule has 4 rings (SSSR count). The molecule has 0 aliphatic carbocycles. The Hall–Kier alpha value is -3.23. The Bertz CT molecular complexity index is 1160. The summed E-state index contributed by atoms with van der Waals surface area (Å²) in [6.45, 7) is 0. The molecule has 0 aliphatic rings. The molecule has 2 aromatic carbocycles. The van der Waals surface area contributed by atoms with Crippen molar-refractivity contribution in [2.45, 2.75) is 0 Å². The molecule has 0 saturated carbocycles. The highest BCUT2D eigenvalue weighted by atomic mass is 32.1. The van der Waals surface area contributed by atoms with Crippen LogP contribution in [-0.2, 0) is 0 Å². The fourth-order valence-corrected chi connectivity index (χ4v) is 3.37. The Morgan fingerprint density at radius 1 is 1.04 bits per heavy atom. The summed E-state index contributed by atoms with van der Waals surface area (Å²) < 4.78 is 7.23. The second kappa shape index (κ2) is 6.58. The molecule has 126 valence electrons. The van der Waals surface area contributed by atoms with E-state index < -0.39 is 0 Å². The molecule has 0 saturated heterocycles. The minimum atomic E-state index is 0.624. The monoisotopic (exact) mass is 357 g/mol. The predicted molar refractivity (Wildman–Crippen MR) is 106 cm³/mol. The van der Waals surface area contributed by atoms with Crippen molar-refractivity contribution in [3.05, 3.63) is 72.6 Å². The molecule has 0 unspecified atom stereocenters. The van der Waals surface area contributed by atoms with E-state index in [0.29, 0.717) is 5.56 Å². The Morgan fingerprint density at radius 2 is 1.88 bits per heavy atom. The van der Waals surface area contributed by atoms with Crippen LogP contribution in [-0.4, -0.2) is 16.1 Å². The summed E-state index contributed by atoms with van der Waals surface area (Å²) >= 11 is 4.51. The van der Waals surface area contributed by atoms with Gasteiger partial charge in [0.15, 0.2) is 0 Å². The Labute approximate surface area is 156 Å². The summed E-state index contributed by atoms with van der Waals surface area (Å²) in [6, 6.07) is 19.6. The molecule has 0 fully saturated rings. The molecule has 0 spiro atoms. The largest absolute Gasteiger partial charge is 0.496 e. The second-order valence-electron chi connectivity index (χ2n) is 5.88. The standard InChI is InChI=1S/C21H15N3OS/c1-25-20-8-3-2-7-17(20)19-13-24(26)21-18(19)10-16(12-23-21)15-6-4-5-14(9-15)11-22/h2-10,12-13,26H,1H3.